The Hall–Kier alpha value is -3.29. The summed E-state index contributed by atoms with van der Waals surface area (Å²) in [6.07, 6.45) is 0.652. The van der Waals surface area contributed by atoms with Crippen molar-refractivity contribution in [3.8, 4) is 0 Å². The Kier molecular flexibility index (Phi) is 5.63. The molecule has 3 rings (SSSR count). The fourth-order valence-corrected chi connectivity index (χ4v) is 3.07. The number of carbonyl (C=O) groups excluding carboxylic acids is 1. The number of nitrogens with zero attached hydrogens (tertiary/aromatic N) is 2. The van der Waals surface area contributed by atoms with Gasteiger partial charge in [-0.3, -0.25) is 19.1 Å². The number of benzene rings is 1. The number of rotatable bonds is 5. The first-order valence-corrected chi connectivity index (χ1v) is 9.48. The number of fused-ring (bicyclic) bond motifs is 1. The van der Waals surface area contributed by atoms with Crippen molar-refractivity contribution in [3.05, 3.63) is 67.7 Å². The van der Waals surface area contributed by atoms with Crippen LogP contribution < -0.4 is 16.6 Å². The smallest absolute Gasteiger partial charge is 0.322 e. The van der Waals surface area contributed by atoms with Crippen molar-refractivity contribution in [2.24, 2.45) is 0 Å². The van der Waals surface area contributed by atoms with Gasteiger partial charge in [0.1, 0.15) is 5.82 Å². The van der Waals surface area contributed by atoms with Crippen molar-refractivity contribution >= 4 is 22.6 Å². The highest BCUT2D eigenvalue weighted by atomic mass is 19.1. The van der Waals surface area contributed by atoms with Gasteiger partial charge >= 0.3 is 5.69 Å². The second-order valence-corrected chi connectivity index (χ2v) is 7.28. The number of anilines is 1. The van der Waals surface area contributed by atoms with E-state index < -0.39 is 23.0 Å². The lowest BCUT2D eigenvalue weighted by Crippen LogP contribution is -2.32. The molecule has 0 spiro atoms. The molecule has 0 saturated carbocycles. The molecule has 2 heterocycles. The van der Waals surface area contributed by atoms with E-state index in [-0.39, 0.29) is 28.2 Å². The summed E-state index contributed by atoms with van der Waals surface area (Å²) in [5, 5.41) is 2.67. The van der Waals surface area contributed by atoms with E-state index >= 15 is 0 Å². The van der Waals surface area contributed by atoms with E-state index in [2.05, 4.69) is 15.3 Å². The maximum absolute atomic E-state index is 13.8. The van der Waals surface area contributed by atoms with Crippen molar-refractivity contribution in [2.75, 3.05) is 5.32 Å². The van der Waals surface area contributed by atoms with Crippen LogP contribution in [0.4, 0.5) is 10.1 Å². The molecule has 0 radical (unpaired) electrons. The fraction of sp³-hybridized carbons (Fsp3) is 0.333. The van der Waals surface area contributed by atoms with E-state index in [4.69, 9.17) is 0 Å². The maximum atomic E-state index is 13.8. The maximum Gasteiger partial charge on any atom is 0.329 e. The minimum absolute atomic E-state index is 0.0348. The first-order chi connectivity index (χ1) is 13.7. The van der Waals surface area contributed by atoms with Crippen LogP contribution in [0.15, 0.2) is 33.9 Å². The summed E-state index contributed by atoms with van der Waals surface area (Å²) in [5.74, 6) is -1.05. The molecule has 0 aliphatic carbocycles. The van der Waals surface area contributed by atoms with Gasteiger partial charge in [-0.05, 0) is 43.0 Å². The van der Waals surface area contributed by atoms with E-state index in [9.17, 15) is 18.8 Å². The van der Waals surface area contributed by atoms with E-state index in [0.29, 0.717) is 24.2 Å². The van der Waals surface area contributed by atoms with Gasteiger partial charge in [-0.15, -0.1) is 0 Å². The van der Waals surface area contributed by atoms with Gasteiger partial charge in [0.25, 0.3) is 11.5 Å². The van der Waals surface area contributed by atoms with Gasteiger partial charge < -0.3 is 5.32 Å². The summed E-state index contributed by atoms with van der Waals surface area (Å²) in [7, 11) is 0. The molecule has 29 heavy (non-hydrogen) atoms. The Morgan fingerprint density at radius 3 is 2.62 bits per heavy atom. The summed E-state index contributed by atoms with van der Waals surface area (Å²) in [6.45, 7) is 7.68. The first-order valence-electron chi connectivity index (χ1n) is 9.48. The second kappa shape index (κ2) is 7.98. The summed E-state index contributed by atoms with van der Waals surface area (Å²) in [5.41, 5.74) is 0.322. The lowest BCUT2D eigenvalue weighted by molar-refractivity contribution is 0.102. The van der Waals surface area contributed by atoms with E-state index in [1.807, 2.05) is 20.8 Å². The molecule has 0 bridgehead atoms. The molecular weight excluding hydrogens is 375 g/mol. The van der Waals surface area contributed by atoms with Gasteiger partial charge in [0.15, 0.2) is 5.65 Å². The van der Waals surface area contributed by atoms with Crippen LogP contribution in [-0.2, 0) is 6.54 Å². The summed E-state index contributed by atoms with van der Waals surface area (Å²) in [4.78, 5) is 44.6. The minimum Gasteiger partial charge on any atom is -0.322 e. The zero-order valence-corrected chi connectivity index (χ0v) is 16.8. The average Bonchev–Trinajstić information content (AvgIpc) is 2.66. The molecular formula is C21H23FN4O3. The molecule has 152 valence electrons. The third kappa shape index (κ3) is 3.96. The Morgan fingerprint density at radius 2 is 2.00 bits per heavy atom. The molecule has 3 aromatic rings. The molecule has 7 nitrogen and oxygen atoms in total. The molecule has 0 atom stereocenters. The van der Waals surface area contributed by atoms with Crippen molar-refractivity contribution < 1.29 is 9.18 Å². The Balaban J connectivity index is 2.23. The van der Waals surface area contributed by atoms with Crippen LogP contribution in [-0.4, -0.2) is 20.4 Å². The number of hydrogen-bond acceptors (Lipinski definition) is 4. The summed E-state index contributed by atoms with van der Waals surface area (Å²) >= 11 is 0. The largest absolute Gasteiger partial charge is 0.329 e. The van der Waals surface area contributed by atoms with Crippen LogP contribution >= 0.6 is 0 Å². The van der Waals surface area contributed by atoms with Crippen molar-refractivity contribution in [1.82, 2.24) is 14.5 Å². The molecule has 2 aromatic heterocycles. The normalized spacial score (nSPS) is 11.2. The third-order valence-electron chi connectivity index (χ3n) is 4.68. The third-order valence-corrected chi connectivity index (χ3v) is 4.68. The van der Waals surface area contributed by atoms with Gasteiger partial charge in [-0.25, -0.2) is 14.2 Å². The fourth-order valence-electron chi connectivity index (χ4n) is 3.07. The van der Waals surface area contributed by atoms with Gasteiger partial charge in [-0.1, -0.05) is 26.8 Å². The Morgan fingerprint density at radius 1 is 1.28 bits per heavy atom. The van der Waals surface area contributed by atoms with E-state index in [1.165, 1.54) is 10.6 Å². The van der Waals surface area contributed by atoms with Crippen molar-refractivity contribution in [1.29, 1.82) is 0 Å². The molecule has 0 unspecified atom stereocenters. The summed E-state index contributed by atoms with van der Waals surface area (Å²) < 4.78 is 15.2. The number of aromatic nitrogens is 3. The lowest BCUT2D eigenvalue weighted by atomic mass is 10.0. The van der Waals surface area contributed by atoms with Crippen LogP contribution in [0.3, 0.4) is 0 Å². The number of nitrogens with one attached hydrogen (secondary N) is 2. The second-order valence-electron chi connectivity index (χ2n) is 7.28. The standard InChI is InChI=1S/C21H23FN4O3/c1-5-8-26-18-17(20(28)25-21(26)29)14(10-16(24-18)11(2)3)19(27)23-13-7-6-12(4)15(22)9-13/h6-7,9-11H,5,8H2,1-4H3,(H,23,27)(H,25,28,29). The van der Waals surface area contributed by atoms with Crippen LogP contribution in [0.2, 0.25) is 0 Å². The van der Waals surface area contributed by atoms with Crippen molar-refractivity contribution in [2.45, 2.75) is 46.6 Å². The number of pyridine rings is 1. The van der Waals surface area contributed by atoms with Crippen molar-refractivity contribution in [3.63, 3.8) is 0 Å². The highest BCUT2D eigenvalue weighted by molar-refractivity contribution is 6.11. The molecule has 2 N–H and O–H groups in total. The molecule has 0 saturated heterocycles. The lowest BCUT2D eigenvalue weighted by Gasteiger charge is -2.14. The average molecular weight is 398 g/mol. The summed E-state index contributed by atoms with van der Waals surface area (Å²) in [6, 6.07) is 5.90. The van der Waals surface area contributed by atoms with Crippen LogP contribution in [0, 0.1) is 12.7 Å². The van der Waals surface area contributed by atoms with Gasteiger partial charge in [-0.2, -0.15) is 0 Å². The Bertz CT molecular complexity index is 1210. The van der Waals surface area contributed by atoms with Gasteiger partial charge in [0, 0.05) is 17.9 Å². The monoisotopic (exact) mass is 398 g/mol. The van der Waals surface area contributed by atoms with Crippen LogP contribution in [0.5, 0.6) is 0 Å². The quantitative estimate of drug-likeness (QED) is 0.689. The highest BCUT2D eigenvalue weighted by Gasteiger charge is 2.20. The molecule has 8 heteroatoms. The number of hydrogen-bond donors (Lipinski definition) is 2. The van der Waals surface area contributed by atoms with Gasteiger partial charge in [0.05, 0.1) is 10.9 Å². The SMILES string of the molecule is CCCn1c(=O)[nH]c(=O)c2c(C(=O)Nc3ccc(C)c(F)c3)cc(C(C)C)nc21. The molecule has 0 aliphatic heterocycles. The van der Waals surface area contributed by atoms with Crippen LogP contribution in [0.1, 0.15) is 54.7 Å². The highest BCUT2D eigenvalue weighted by Crippen LogP contribution is 2.21. The molecule has 1 aromatic carbocycles. The number of aryl methyl sites for hydroxylation is 2. The van der Waals surface area contributed by atoms with Crippen LogP contribution in [0.25, 0.3) is 11.0 Å². The predicted molar refractivity (Wildman–Crippen MR) is 110 cm³/mol. The number of H-pyrrole nitrogens is 1. The van der Waals surface area contributed by atoms with E-state index in [0.717, 1.165) is 0 Å². The number of halogens is 1. The molecule has 0 aliphatic rings. The number of amides is 1. The molecule has 1 amide bonds. The number of carbonyl (C=O) groups is 1. The number of aromatic amines is 1. The Labute approximate surface area is 166 Å². The topological polar surface area (TPSA) is 96.9 Å². The first kappa shape index (κ1) is 20.4. The van der Waals surface area contributed by atoms with E-state index in [1.54, 1.807) is 25.1 Å². The minimum atomic E-state index is -0.680. The zero-order valence-electron chi connectivity index (χ0n) is 16.8. The zero-order chi connectivity index (χ0) is 21.3. The molecule has 0 fully saturated rings. The predicted octanol–water partition coefficient (Wildman–Crippen LogP) is 3.32. The van der Waals surface area contributed by atoms with Gasteiger partial charge in [0.2, 0.25) is 0 Å².